The lowest BCUT2D eigenvalue weighted by molar-refractivity contribution is -0.137. The number of nitrogens with zero attached hydrogens (tertiary/aromatic N) is 1. The maximum atomic E-state index is 13.2. The molecule has 0 aliphatic heterocycles. The van der Waals surface area contributed by atoms with Gasteiger partial charge in [-0.3, -0.25) is 4.79 Å². The molecule has 1 aromatic heterocycles. The number of hydrogen-bond acceptors (Lipinski definition) is 4. The van der Waals surface area contributed by atoms with Gasteiger partial charge in [-0.15, -0.1) is 0 Å². The Morgan fingerprint density at radius 1 is 0.975 bits per heavy atom. The summed E-state index contributed by atoms with van der Waals surface area (Å²) < 4.78 is 50.7. The van der Waals surface area contributed by atoms with E-state index >= 15 is 0 Å². The lowest BCUT2D eigenvalue weighted by Crippen LogP contribution is -2.40. The lowest BCUT2D eigenvalue weighted by atomic mass is 10.0. The van der Waals surface area contributed by atoms with E-state index in [1.54, 1.807) is 31.4 Å². The third-order valence-electron chi connectivity index (χ3n) is 6.05. The molecule has 1 heterocycles. The topological polar surface area (TPSA) is 60.5 Å². The Morgan fingerprint density at radius 3 is 2.33 bits per heavy atom. The fourth-order valence-corrected chi connectivity index (χ4v) is 4.55. The molecule has 210 valence electrons. The quantitative estimate of drug-likeness (QED) is 0.235. The van der Waals surface area contributed by atoms with Gasteiger partial charge >= 0.3 is 6.18 Å². The van der Waals surface area contributed by atoms with Crippen molar-refractivity contribution in [2.24, 2.45) is 0 Å². The van der Waals surface area contributed by atoms with Gasteiger partial charge in [0.25, 0.3) is 5.91 Å². The molecule has 0 fully saturated rings. The Bertz CT molecular complexity index is 1500. The molecule has 0 aliphatic rings. The van der Waals surface area contributed by atoms with Crippen LogP contribution in [0.25, 0.3) is 22.0 Å². The number of carbonyl (C=O) groups excluding carboxylic acids is 1. The zero-order valence-corrected chi connectivity index (χ0v) is 23.4. The van der Waals surface area contributed by atoms with Crippen molar-refractivity contribution in [3.63, 3.8) is 0 Å². The van der Waals surface area contributed by atoms with E-state index in [4.69, 9.17) is 21.1 Å². The summed E-state index contributed by atoms with van der Waals surface area (Å²) in [5.41, 5.74) is 1.48. The van der Waals surface area contributed by atoms with Crippen LogP contribution in [-0.4, -0.2) is 36.3 Å². The summed E-state index contributed by atoms with van der Waals surface area (Å²) in [5.74, 6) is 0.343. The number of halogens is 4. The molecule has 0 bridgehead atoms. The number of benzene rings is 3. The van der Waals surface area contributed by atoms with Crippen molar-refractivity contribution in [1.82, 2.24) is 10.3 Å². The fraction of sp³-hybridized carbons (Fsp3) is 0.290. The highest BCUT2D eigenvalue weighted by atomic mass is 35.5. The highest BCUT2D eigenvalue weighted by Crippen LogP contribution is 2.34. The second-order valence-corrected chi connectivity index (χ2v) is 10.9. The highest BCUT2D eigenvalue weighted by molar-refractivity contribution is 6.35. The summed E-state index contributed by atoms with van der Waals surface area (Å²) in [7, 11) is 1.56. The molecule has 9 heteroatoms. The Balaban J connectivity index is 1.52. The molecule has 4 aromatic rings. The number of methoxy groups -OCH3 is 1. The first-order valence-electron chi connectivity index (χ1n) is 12.7. The van der Waals surface area contributed by atoms with E-state index in [1.807, 2.05) is 45.0 Å². The largest absolute Gasteiger partial charge is 0.488 e. The van der Waals surface area contributed by atoms with Gasteiger partial charge in [-0.1, -0.05) is 41.9 Å². The Hall–Kier alpha value is -3.62. The van der Waals surface area contributed by atoms with Crippen molar-refractivity contribution in [2.45, 2.75) is 45.0 Å². The Labute approximate surface area is 236 Å². The Kier molecular flexibility index (Phi) is 8.71. The lowest BCUT2D eigenvalue weighted by Gasteiger charge is -2.22. The number of carbonyl (C=O) groups is 1. The summed E-state index contributed by atoms with van der Waals surface area (Å²) in [6.07, 6.45) is -3.92. The third kappa shape index (κ3) is 7.52. The molecule has 0 unspecified atom stereocenters. The molecule has 0 saturated carbocycles. The normalized spacial score (nSPS) is 12.8. The number of ether oxygens (including phenoxy) is 2. The standard InChI is InChI=1S/C31H30ClF3N2O3/c1-30(2,3)40-24-11-8-19(9-12-24)14-23(18-39-4)36-29(38)28-17-26(32)25-16-21(10-13-27(25)37-28)20-6-5-7-22(15-20)31(33,34)35/h5-13,15-17,23H,14,18H2,1-4H3,(H,36,38)/t23-/m0/s1. The molecular formula is C31H30ClF3N2O3. The number of hydrogen-bond donors (Lipinski definition) is 1. The van der Waals surface area contributed by atoms with E-state index in [-0.39, 0.29) is 29.0 Å². The van der Waals surface area contributed by atoms with Crippen molar-refractivity contribution in [1.29, 1.82) is 0 Å². The SMILES string of the molecule is COC[C@H](Cc1ccc(OC(C)(C)C)cc1)NC(=O)c1cc(Cl)c2cc(-c3cccc(C(F)(F)F)c3)ccc2n1. The fourth-order valence-electron chi connectivity index (χ4n) is 4.30. The zero-order valence-electron chi connectivity index (χ0n) is 22.6. The van der Waals surface area contributed by atoms with Gasteiger partial charge in [-0.25, -0.2) is 4.98 Å². The molecule has 1 amide bonds. The summed E-state index contributed by atoms with van der Waals surface area (Å²) in [4.78, 5) is 17.6. The predicted molar refractivity (Wildman–Crippen MR) is 151 cm³/mol. The Morgan fingerprint density at radius 2 is 1.68 bits per heavy atom. The maximum absolute atomic E-state index is 13.2. The van der Waals surface area contributed by atoms with Gasteiger partial charge in [-0.05, 0) is 86.3 Å². The summed E-state index contributed by atoms with van der Waals surface area (Å²) in [6.45, 7) is 6.22. The number of nitrogens with one attached hydrogen (secondary N) is 1. The molecule has 4 rings (SSSR count). The second kappa shape index (κ2) is 11.9. The number of amides is 1. The van der Waals surface area contributed by atoms with E-state index in [1.165, 1.54) is 12.1 Å². The van der Waals surface area contributed by atoms with E-state index in [0.717, 1.165) is 23.4 Å². The average Bonchev–Trinajstić information content (AvgIpc) is 2.88. The van der Waals surface area contributed by atoms with Gasteiger partial charge in [0.05, 0.1) is 28.8 Å². The van der Waals surface area contributed by atoms with Crippen LogP contribution in [0.15, 0.2) is 72.8 Å². The minimum absolute atomic E-state index is 0.124. The number of aromatic nitrogens is 1. The molecule has 0 radical (unpaired) electrons. The molecule has 0 saturated heterocycles. The van der Waals surface area contributed by atoms with Gasteiger partial charge in [0.15, 0.2) is 0 Å². The van der Waals surface area contributed by atoms with E-state index in [0.29, 0.717) is 28.5 Å². The van der Waals surface area contributed by atoms with Gasteiger partial charge in [-0.2, -0.15) is 13.2 Å². The van der Waals surface area contributed by atoms with Gasteiger partial charge < -0.3 is 14.8 Å². The first-order chi connectivity index (χ1) is 18.8. The molecule has 40 heavy (non-hydrogen) atoms. The molecule has 1 N–H and O–H groups in total. The average molecular weight is 571 g/mol. The molecule has 3 aromatic carbocycles. The van der Waals surface area contributed by atoms with Crippen LogP contribution in [0.2, 0.25) is 5.02 Å². The van der Waals surface area contributed by atoms with Crippen LogP contribution in [0.5, 0.6) is 5.75 Å². The van der Waals surface area contributed by atoms with Crippen LogP contribution < -0.4 is 10.1 Å². The van der Waals surface area contributed by atoms with Crippen molar-refractivity contribution >= 4 is 28.4 Å². The molecule has 1 atom stereocenters. The van der Waals surface area contributed by atoms with Crippen LogP contribution in [0, 0.1) is 0 Å². The van der Waals surface area contributed by atoms with Crippen LogP contribution in [0.3, 0.4) is 0 Å². The maximum Gasteiger partial charge on any atom is 0.416 e. The summed E-state index contributed by atoms with van der Waals surface area (Å²) >= 11 is 6.52. The number of pyridine rings is 1. The summed E-state index contributed by atoms with van der Waals surface area (Å²) in [6, 6.07) is 18.8. The van der Waals surface area contributed by atoms with Gasteiger partial charge in [0.2, 0.25) is 0 Å². The molecule has 0 spiro atoms. The second-order valence-electron chi connectivity index (χ2n) is 10.5. The highest BCUT2D eigenvalue weighted by Gasteiger charge is 2.30. The van der Waals surface area contributed by atoms with Crippen LogP contribution in [0.4, 0.5) is 13.2 Å². The first-order valence-corrected chi connectivity index (χ1v) is 13.1. The molecule has 5 nitrogen and oxygen atoms in total. The molecule has 0 aliphatic carbocycles. The first kappa shape index (κ1) is 29.4. The van der Waals surface area contributed by atoms with Crippen molar-refractivity contribution in [2.75, 3.05) is 13.7 Å². The third-order valence-corrected chi connectivity index (χ3v) is 6.36. The minimum Gasteiger partial charge on any atom is -0.488 e. The van der Waals surface area contributed by atoms with E-state index in [9.17, 15) is 18.0 Å². The summed E-state index contributed by atoms with van der Waals surface area (Å²) in [5, 5.41) is 3.75. The molecular weight excluding hydrogens is 541 g/mol. The van der Waals surface area contributed by atoms with E-state index in [2.05, 4.69) is 10.3 Å². The predicted octanol–water partition coefficient (Wildman–Crippen LogP) is 7.74. The zero-order chi connectivity index (χ0) is 29.1. The van der Waals surface area contributed by atoms with Crippen molar-refractivity contribution in [3.05, 3.63) is 94.6 Å². The van der Waals surface area contributed by atoms with Crippen LogP contribution >= 0.6 is 11.6 Å². The van der Waals surface area contributed by atoms with Crippen LogP contribution in [0.1, 0.15) is 42.4 Å². The minimum atomic E-state index is -4.45. The van der Waals surface area contributed by atoms with E-state index < -0.39 is 17.6 Å². The van der Waals surface area contributed by atoms with Gasteiger partial charge in [0.1, 0.15) is 17.0 Å². The van der Waals surface area contributed by atoms with Gasteiger partial charge in [0, 0.05) is 12.5 Å². The van der Waals surface area contributed by atoms with Crippen molar-refractivity contribution in [3.8, 4) is 16.9 Å². The number of rotatable bonds is 8. The number of alkyl halides is 3. The van der Waals surface area contributed by atoms with Crippen LogP contribution in [-0.2, 0) is 17.3 Å². The smallest absolute Gasteiger partial charge is 0.416 e. The monoisotopic (exact) mass is 570 g/mol. The number of fused-ring (bicyclic) bond motifs is 1. The van der Waals surface area contributed by atoms with Crippen molar-refractivity contribution < 1.29 is 27.4 Å².